The summed E-state index contributed by atoms with van der Waals surface area (Å²) < 4.78 is 2.71. The van der Waals surface area contributed by atoms with Gasteiger partial charge in [-0.3, -0.25) is 14.5 Å². The quantitative estimate of drug-likeness (QED) is 0.691. The van der Waals surface area contributed by atoms with Crippen LogP contribution in [0, 0.1) is 0 Å². The molecule has 0 saturated heterocycles. The molecule has 0 aromatic carbocycles. The maximum Gasteiger partial charge on any atom is 0.261 e. The topological polar surface area (TPSA) is 59.8 Å². The molecule has 1 fully saturated rings. The lowest BCUT2D eigenvalue weighted by Crippen LogP contribution is -2.22. The number of rotatable bonds is 5. The molecule has 0 aliphatic heterocycles. The SMILES string of the molecule is O=C(NCc1cc(-c2ccccn2)n(C2CCCC2)n1)c1ccc(Cl)s1. The first kappa shape index (κ1) is 17.2. The maximum atomic E-state index is 12.2. The Bertz CT molecular complexity index is 899. The second kappa shape index (κ2) is 7.60. The number of hydrogen-bond acceptors (Lipinski definition) is 4. The Morgan fingerprint density at radius 3 is 2.81 bits per heavy atom. The van der Waals surface area contributed by atoms with E-state index in [1.807, 2.05) is 24.3 Å². The van der Waals surface area contributed by atoms with Crippen LogP contribution in [0.5, 0.6) is 0 Å². The fourth-order valence-electron chi connectivity index (χ4n) is 3.36. The molecule has 26 heavy (non-hydrogen) atoms. The van der Waals surface area contributed by atoms with Gasteiger partial charge in [0.05, 0.1) is 38.9 Å². The van der Waals surface area contributed by atoms with Crippen molar-refractivity contribution in [2.45, 2.75) is 38.3 Å². The summed E-state index contributed by atoms with van der Waals surface area (Å²) in [4.78, 5) is 17.3. The highest BCUT2D eigenvalue weighted by atomic mass is 35.5. The molecular weight excluding hydrogens is 368 g/mol. The van der Waals surface area contributed by atoms with Crippen molar-refractivity contribution in [2.75, 3.05) is 0 Å². The number of carbonyl (C=O) groups excluding carboxylic acids is 1. The molecule has 3 aromatic heterocycles. The van der Waals surface area contributed by atoms with Crippen LogP contribution >= 0.6 is 22.9 Å². The predicted octanol–water partition coefficient (Wildman–Crippen LogP) is 4.71. The van der Waals surface area contributed by atoms with E-state index < -0.39 is 0 Å². The number of hydrogen-bond donors (Lipinski definition) is 1. The predicted molar refractivity (Wildman–Crippen MR) is 103 cm³/mol. The molecule has 1 N–H and O–H groups in total. The van der Waals surface area contributed by atoms with Crippen molar-refractivity contribution < 1.29 is 4.79 Å². The zero-order chi connectivity index (χ0) is 17.9. The summed E-state index contributed by atoms with van der Waals surface area (Å²) in [6.45, 7) is 0.383. The Labute approximate surface area is 161 Å². The Hall–Kier alpha value is -2.18. The van der Waals surface area contributed by atoms with E-state index in [0.717, 1.165) is 29.9 Å². The average molecular weight is 387 g/mol. The minimum atomic E-state index is -0.128. The first-order valence-electron chi connectivity index (χ1n) is 8.74. The lowest BCUT2D eigenvalue weighted by atomic mass is 10.2. The molecule has 0 unspecified atom stereocenters. The number of halogens is 1. The van der Waals surface area contributed by atoms with Gasteiger partial charge in [-0.25, -0.2) is 0 Å². The van der Waals surface area contributed by atoms with Crippen molar-refractivity contribution in [3.63, 3.8) is 0 Å². The van der Waals surface area contributed by atoms with E-state index >= 15 is 0 Å². The molecule has 134 valence electrons. The summed E-state index contributed by atoms with van der Waals surface area (Å²) in [6, 6.07) is 11.8. The lowest BCUT2D eigenvalue weighted by Gasteiger charge is -2.13. The largest absolute Gasteiger partial charge is 0.346 e. The van der Waals surface area contributed by atoms with Gasteiger partial charge < -0.3 is 5.32 Å². The third-order valence-electron chi connectivity index (χ3n) is 4.61. The summed E-state index contributed by atoms with van der Waals surface area (Å²) in [5, 5.41) is 7.71. The summed E-state index contributed by atoms with van der Waals surface area (Å²) in [5.41, 5.74) is 2.77. The molecule has 1 amide bonds. The zero-order valence-electron chi connectivity index (χ0n) is 14.2. The molecule has 1 aliphatic rings. The normalized spacial score (nSPS) is 14.7. The number of nitrogens with zero attached hydrogens (tertiary/aromatic N) is 3. The van der Waals surface area contributed by atoms with E-state index in [9.17, 15) is 4.79 Å². The minimum Gasteiger partial charge on any atom is -0.346 e. The highest BCUT2D eigenvalue weighted by molar-refractivity contribution is 7.17. The first-order chi connectivity index (χ1) is 12.7. The van der Waals surface area contributed by atoms with Crippen LogP contribution in [0.25, 0.3) is 11.4 Å². The van der Waals surface area contributed by atoms with Gasteiger partial charge >= 0.3 is 0 Å². The number of thiophene rings is 1. The van der Waals surface area contributed by atoms with Gasteiger partial charge in [0.15, 0.2) is 0 Å². The molecule has 4 rings (SSSR count). The third-order valence-corrected chi connectivity index (χ3v) is 5.84. The Balaban J connectivity index is 1.55. The van der Waals surface area contributed by atoms with Crippen LogP contribution < -0.4 is 5.32 Å². The van der Waals surface area contributed by atoms with E-state index in [4.69, 9.17) is 16.7 Å². The molecule has 0 radical (unpaired) electrons. The fourth-order valence-corrected chi connectivity index (χ4v) is 4.32. The smallest absolute Gasteiger partial charge is 0.261 e. The van der Waals surface area contributed by atoms with Crippen LogP contribution in [-0.2, 0) is 6.54 Å². The van der Waals surface area contributed by atoms with Crippen molar-refractivity contribution in [1.29, 1.82) is 0 Å². The summed E-state index contributed by atoms with van der Waals surface area (Å²) in [6.07, 6.45) is 6.54. The van der Waals surface area contributed by atoms with Crippen LogP contribution in [0.1, 0.15) is 47.1 Å². The zero-order valence-corrected chi connectivity index (χ0v) is 15.8. The summed E-state index contributed by atoms with van der Waals surface area (Å²) in [7, 11) is 0. The first-order valence-corrected chi connectivity index (χ1v) is 9.93. The van der Waals surface area contributed by atoms with Gasteiger partial charge in [-0.15, -0.1) is 11.3 Å². The number of aromatic nitrogens is 3. The van der Waals surface area contributed by atoms with Gasteiger partial charge in [0.2, 0.25) is 0 Å². The van der Waals surface area contributed by atoms with Crippen LogP contribution in [-0.4, -0.2) is 20.7 Å². The Morgan fingerprint density at radius 2 is 2.12 bits per heavy atom. The second-order valence-corrected chi connectivity index (χ2v) is 8.12. The fraction of sp³-hybridized carbons (Fsp3) is 0.316. The van der Waals surface area contributed by atoms with Crippen LogP contribution in [0.3, 0.4) is 0 Å². The van der Waals surface area contributed by atoms with Gasteiger partial charge in [-0.1, -0.05) is 30.5 Å². The summed E-state index contributed by atoms with van der Waals surface area (Å²) in [5.74, 6) is -0.128. The van der Waals surface area contributed by atoms with Gasteiger partial charge in [-0.2, -0.15) is 5.10 Å². The monoisotopic (exact) mass is 386 g/mol. The van der Waals surface area contributed by atoms with Gasteiger partial charge in [0.25, 0.3) is 5.91 Å². The molecule has 0 spiro atoms. The highest BCUT2D eigenvalue weighted by Gasteiger charge is 2.22. The Kier molecular flexibility index (Phi) is 5.04. The molecule has 7 heteroatoms. The van der Waals surface area contributed by atoms with Crippen molar-refractivity contribution in [3.8, 4) is 11.4 Å². The van der Waals surface area contributed by atoms with Crippen LogP contribution in [0.4, 0.5) is 0 Å². The number of pyridine rings is 1. The molecule has 1 aliphatic carbocycles. The molecular formula is C19H19ClN4OS. The standard InChI is InChI=1S/C19H19ClN4OS/c20-18-9-8-17(26-18)19(25)22-12-13-11-16(15-7-3-4-10-21-15)24(23-13)14-5-1-2-6-14/h3-4,7-11,14H,1-2,5-6,12H2,(H,22,25). The maximum absolute atomic E-state index is 12.2. The van der Waals surface area contributed by atoms with Gasteiger partial charge in [-0.05, 0) is 43.2 Å². The van der Waals surface area contributed by atoms with Crippen LogP contribution in [0.15, 0.2) is 42.6 Å². The van der Waals surface area contributed by atoms with E-state index in [1.54, 1.807) is 18.3 Å². The van der Waals surface area contributed by atoms with Crippen molar-refractivity contribution in [2.24, 2.45) is 0 Å². The number of carbonyl (C=O) groups is 1. The molecule has 1 saturated carbocycles. The third kappa shape index (κ3) is 3.66. The molecule has 5 nitrogen and oxygen atoms in total. The van der Waals surface area contributed by atoms with Crippen LogP contribution in [0.2, 0.25) is 4.34 Å². The van der Waals surface area contributed by atoms with Gasteiger partial charge in [0.1, 0.15) is 0 Å². The highest BCUT2D eigenvalue weighted by Crippen LogP contribution is 2.33. The van der Waals surface area contributed by atoms with Crippen molar-refractivity contribution in [1.82, 2.24) is 20.1 Å². The molecule has 0 atom stereocenters. The van der Waals surface area contributed by atoms with E-state index in [0.29, 0.717) is 21.8 Å². The van der Waals surface area contributed by atoms with Crippen molar-refractivity contribution in [3.05, 3.63) is 57.5 Å². The van der Waals surface area contributed by atoms with E-state index in [1.165, 1.54) is 24.2 Å². The molecule has 3 heterocycles. The Morgan fingerprint density at radius 1 is 1.27 bits per heavy atom. The lowest BCUT2D eigenvalue weighted by molar-refractivity contribution is 0.0954. The average Bonchev–Trinajstić information content (AvgIpc) is 3.40. The van der Waals surface area contributed by atoms with Crippen molar-refractivity contribution >= 4 is 28.8 Å². The number of amides is 1. The minimum absolute atomic E-state index is 0.128. The van der Waals surface area contributed by atoms with Gasteiger partial charge in [0, 0.05) is 6.20 Å². The second-order valence-electron chi connectivity index (χ2n) is 6.41. The summed E-state index contributed by atoms with van der Waals surface area (Å²) >= 11 is 7.18. The van der Waals surface area contributed by atoms with E-state index in [2.05, 4.69) is 15.0 Å². The van der Waals surface area contributed by atoms with E-state index in [-0.39, 0.29) is 5.91 Å². The molecule has 0 bridgehead atoms. The molecule has 3 aromatic rings. The number of nitrogens with one attached hydrogen (secondary N) is 1.